The second-order valence-electron chi connectivity index (χ2n) is 5.14. The summed E-state index contributed by atoms with van der Waals surface area (Å²) in [5, 5.41) is 13.1. The number of aliphatic carboxylic acids is 1. The Bertz CT molecular complexity index is 753. The van der Waals surface area contributed by atoms with Crippen molar-refractivity contribution in [3.8, 4) is 5.69 Å². The lowest BCUT2D eigenvalue weighted by Crippen LogP contribution is -2.44. The van der Waals surface area contributed by atoms with E-state index in [1.54, 1.807) is 26.0 Å². The molecule has 0 saturated heterocycles. The van der Waals surface area contributed by atoms with Gasteiger partial charge in [-0.25, -0.2) is 13.1 Å². The Hall–Kier alpha value is -2.19. The van der Waals surface area contributed by atoms with Gasteiger partial charge in [-0.3, -0.25) is 4.79 Å². The first-order valence-corrected chi connectivity index (χ1v) is 8.15. The molecule has 1 heterocycles. The van der Waals surface area contributed by atoms with Crippen LogP contribution in [0.4, 0.5) is 0 Å². The average molecular weight is 323 g/mol. The van der Waals surface area contributed by atoms with E-state index in [9.17, 15) is 13.2 Å². The molecule has 1 aromatic carbocycles. The topological polar surface area (TPSA) is 101 Å². The molecule has 1 atom stereocenters. The van der Waals surface area contributed by atoms with Gasteiger partial charge in [0.25, 0.3) is 0 Å². The lowest BCUT2D eigenvalue weighted by molar-refractivity contribution is -0.140. The van der Waals surface area contributed by atoms with Crippen LogP contribution in [-0.2, 0) is 14.8 Å². The highest BCUT2D eigenvalue weighted by molar-refractivity contribution is 7.89. The Kier molecular flexibility index (Phi) is 4.62. The molecule has 0 aliphatic carbocycles. The number of nitrogens with one attached hydrogen (secondary N) is 1. The maximum atomic E-state index is 12.3. The van der Waals surface area contributed by atoms with Crippen molar-refractivity contribution in [1.82, 2.24) is 14.5 Å². The van der Waals surface area contributed by atoms with Crippen LogP contribution in [0.3, 0.4) is 0 Å². The number of hydrogen-bond acceptors (Lipinski definition) is 4. The zero-order valence-corrected chi connectivity index (χ0v) is 13.0. The summed E-state index contributed by atoms with van der Waals surface area (Å²) in [7, 11) is -3.95. The van der Waals surface area contributed by atoms with Gasteiger partial charge in [0.1, 0.15) is 10.9 Å². The summed E-state index contributed by atoms with van der Waals surface area (Å²) in [5.41, 5.74) is 0.711. The fraction of sp³-hybridized carbons (Fsp3) is 0.286. The minimum absolute atomic E-state index is 0.0803. The zero-order valence-electron chi connectivity index (χ0n) is 12.2. The molecule has 0 amide bonds. The van der Waals surface area contributed by atoms with E-state index in [1.165, 1.54) is 17.1 Å². The summed E-state index contributed by atoms with van der Waals surface area (Å²) >= 11 is 0. The van der Waals surface area contributed by atoms with E-state index in [1.807, 2.05) is 18.2 Å². The average Bonchev–Trinajstić information content (AvgIpc) is 2.96. The van der Waals surface area contributed by atoms with Crippen molar-refractivity contribution in [2.24, 2.45) is 5.92 Å². The van der Waals surface area contributed by atoms with Crippen LogP contribution in [0.2, 0.25) is 0 Å². The fourth-order valence-corrected chi connectivity index (χ4v) is 3.14. The second-order valence-corrected chi connectivity index (χ2v) is 6.85. The first kappa shape index (κ1) is 16.2. The lowest BCUT2D eigenvalue weighted by atomic mass is 10.1. The first-order chi connectivity index (χ1) is 10.3. The van der Waals surface area contributed by atoms with Crippen molar-refractivity contribution < 1.29 is 18.3 Å². The predicted molar refractivity (Wildman–Crippen MR) is 80.1 cm³/mol. The Morgan fingerprint density at radius 2 is 1.91 bits per heavy atom. The van der Waals surface area contributed by atoms with E-state index in [2.05, 4.69) is 9.82 Å². The third-order valence-electron chi connectivity index (χ3n) is 3.10. The number of aromatic nitrogens is 2. The monoisotopic (exact) mass is 323 g/mol. The van der Waals surface area contributed by atoms with Crippen molar-refractivity contribution in [2.75, 3.05) is 0 Å². The Morgan fingerprint density at radius 1 is 1.27 bits per heavy atom. The largest absolute Gasteiger partial charge is 0.480 e. The summed E-state index contributed by atoms with van der Waals surface area (Å²) in [6.45, 7) is 3.27. The molecule has 8 heteroatoms. The molecule has 0 fully saturated rings. The van der Waals surface area contributed by atoms with Crippen molar-refractivity contribution >= 4 is 16.0 Å². The number of para-hydroxylation sites is 1. The lowest BCUT2D eigenvalue weighted by Gasteiger charge is -2.17. The van der Waals surface area contributed by atoms with Crippen LogP contribution in [0.5, 0.6) is 0 Å². The molecular weight excluding hydrogens is 306 g/mol. The number of rotatable bonds is 6. The number of hydrogen-bond donors (Lipinski definition) is 2. The summed E-state index contributed by atoms with van der Waals surface area (Å²) in [6.07, 6.45) is 2.53. The summed E-state index contributed by atoms with van der Waals surface area (Å²) < 4.78 is 28.1. The van der Waals surface area contributed by atoms with E-state index in [0.29, 0.717) is 5.69 Å². The SMILES string of the molecule is CC(C)[C@H](NS(=O)(=O)c1cnn(-c2ccccc2)c1)C(=O)O. The molecule has 0 bridgehead atoms. The second kappa shape index (κ2) is 6.29. The quantitative estimate of drug-likeness (QED) is 0.833. The van der Waals surface area contributed by atoms with Gasteiger partial charge in [-0.2, -0.15) is 9.82 Å². The van der Waals surface area contributed by atoms with Crippen LogP contribution >= 0.6 is 0 Å². The number of carboxylic acids is 1. The molecule has 2 aromatic rings. The van der Waals surface area contributed by atoms with Crippen molar-refractivity contribution in [1.29, 1.82) is 0 Å². The Balaban J connectivity index is 2.28. The highest BCUT2D eigenvalue weighted by atomic mass is 32.2. The van der Waals surface area contributed by atoms with Crippen LogP contribution in [-0.4, -0.2) is 35.3 Å². The third kappa shape index (κ3) is 3.52. The van der Waals surface area contributed by atoms with Crippen LogP contribution in [0, 0.1) is 5.92 Å². The molecule has 0 aliphatic rings. The van der Waals surface area contributed by atoms with Gasteiger partial charge in [0.2, 0.25) is 10.0 Å². The molecule has 0 spiro atoms. The number of benzene rings is 1. The minimum Gasteiger partial charge on any atom is -0.480 e. The van der Waals surface area contributed by atoms with E-state index in [0.717, 1.165) is 0 Å². The van der Waals surface area contributed by atoms with Crippen LogP contribution in [0.25, 0.3) is 5.69 Å². The van der Waals surface area contributed by atoms with Crippen LogP contribution in [0.1, 0.15) is 13.8 Å². The molecule has 0 saturated carbocycles. The Morgan fingerprint density at radius 3 is 2.45 bits per heavy atom. The van der Waals surface area contributed by atoms with Crippen molar-refractivity contribution in [3.63, 3.8) is 0 Å². The molecule has 1 aromatic heterocycles. The maximum absolute atomic E-state index is 12.3. The number of carbonyl (C=O) groups is 1. The van der Waals surface area contributed by atoms with Gasteiger partial charge >= 0.3 is 5.97 Å². The van der Waals surface area contributed by atoms with Gasteiger partial charge in [-0.1, -0.05) is 32.0 Å². The van der Waals surface area contributed by atoms with E-state index < -0.39 is 22.0 Å². The van der Waals surface area contributed by atoms with E-state index >= 15 is 0 Å². The molecule has 7 nitrogen and oxygen atoms in total. The highest BCUT2D eigenvalue weighted by Crippen LogP contribution is 2.14. The van der Waals surface area contributed by atoms with Gasteiger partial charge < -0.3 is 5.11 Å². The van der Waals surface area contributed by atoms with Gasteiger partial charge in [0.15, 0.2) is 0 Å². The molecule has 0 unspecified atom stereocenters. The van der Waals surface area contributed by atoms with Gasteiger partial charge in [-0.15, -0.1) is 0 Å². The van der Waals surface area contributed by atoms with Gasteiger partial charge in [-0.05, 0) is 18.1 Å². The van der Waals surface area contributed by atoms with E-state index in [4.69, 9.17) is 5.11 Å². The number of nitrogens with zero attached hydrogens (tertiary/aromatic N) is 2. The number of carboxylic acid groups (broad SMARTS) is 1. The smallest absolute Gasteiger partial charge is 0.322 e. The molecular formula is C14H17N3O4S. The molecule has 0 radical (unpaired) electrons. The van der Waals surface area contributed by atoms with Crippen LogP contribution in [0.15, 0.2) is 47.6 Å². The third-order valence-corrected chi connectivity index (χ3v) is 4.50. The van der Waals surface area contributed by atoms with Crippen LogP contribution < -0.4 is 4.72 Å². The number of sulfonamides is 1. The summed E-state index contributed by atoms with van der Waals surface area (Å²) in [4.78, 5) is 11.0. The minimum atomic E-state index is -3.95. The molecule has 2 N–H and O–H groups in total. The van der Waals surface area contributed by atoms with E-state index in [-0.39, 0.29) is 10.8 Å². The van der Waals surface area contributed by atoms with Gasteiger partial charge in [0.05, 0.1) is 18.1 Å². The Labute approximate surface area is 128 Å². The zero-order chi connectivity index (χ0) is 16.3. The molecule has 2 rings (SSSR count). The first-order valence-electron chi connectivity index (χ1n) is 6.66. The molecule has 22 heavy (non-hydrogen) atoms. The standard InChI is InChI=1S/C14H17N3O4S/c1-10(2)13(14(18)19)16-22(20,21)12-8-15-17(9-12)11-6-4-3-5-7-11/h3-10,13,16H,1-2H3,(H,18,19)/t13-/m0/s1. The van der Waals surface area contributed by atoms with Gasteiger partial charge in [0, 0.05) is 0 Å². The molecule has 0 aliphatic heterocycles. The summed E-state index contributed by atoms with van der Waals surface area (Å²) in [5.74, 6) is -1.59. The molecule has 118 valence electrons. The highest BCUT2D eigenvalue weighted by Gasteiger charge is 2.28. The van der Waals surface area contributed by atoms with Crippen molar-refractivity contribution in [3.05, 3.63) is 42.7 Å². The summed E-state index contributed by atoms with van der Waals surface area (Å²) in [6, 6.07) is 7.83. The normalized spacial score (nSPS) is 13.2. The maximum Gasteiger partial charge on any atom is 0.322 e. The fourth-order valence-electron chi connectivity index (χ4n) is 1.87. The van der Waals surface area contributed by atoms with Crippen molar-refractivity contribution in [2.45, 2.75) is 24.8 Å². The predicted octanol–water partition coefficient (Wildman–Crippen LogP) is 1.26.